The fraction of sp³-hybridized carbons (Fsp3) is 0.423. The van der Waals surface area contributed by atoms with Crippen molar-refractivity contribution in [3.63, 3.8) is 0 Å². The molecule has 39 heavy (non-hydrogen) atoms. The maximum absolute atomic E-state index is 13.7. The van der Waals surface area contributed by atoms with Gasteiger partial charge in [-0.3, -0.25) is 14.5 Å². The van der Waals surface area contributed by atoms with Crippen LogP contribution in [-0.2, 0) is 4.74 Å². The van der Waals surface area contributed by atoms with E-state index in [0.29, 0.717) is 18.1 Å². The summed E-state index contributed by atoms with van der Waals surface area (Å²) < 4.78 is 8.71. The van der Waals surface area contributed by atoms with Crippen LogP contribution in [0.2, 0.25) is 5.02 Å². The Morgan fingerprint density at radius 1 is 1.28 bits per heavy atom. The van der Waals surface area contributed by atoms with E-state index in [2.05, 4.69) is 37.5 Å². The fourth-order valence-corrected chi connectivity index (χ4v) is 4.65. The molecule has 0 spiro atoms. The second kappa shape index (κ2) is 11.5. The third kappa shape index (κ3) is 6.07. The number of carbonyl (C=O) groups excluding carboxylic acids is 2. The molecule has 0 aliphatic heterocycles. The van der Waals surface area contributed by atoms with E-state index in [4.69, 9.17) is 22.1 Å². The van der Waals surface area contributed by atoms with Crippen LogP contribution in [-0.4, -0.2) is 61.2 Å². The molecule has 0 aromatic carbocycles. The lowest BCUT2D eigenvalue weighted by Crippen LogP contribution is -2.35. The predicted molar refractivity (Wildman–Crippen MR) is 150 cm³/mol. The molecule has 12 nitrogen and oxygen atoms in total. The summed E-state index contributed by atoms with van der Waals surface area (Å²) in [4.78, 5) is 37.0. The maximum Gasteiger partial charge on any atom is 0.413 e. The van der Waals surface area contributed by atoms with Crippen LogP contribution >= 0.6 is 11.6 Å². The summed E-state index contributed by atoms with van der Waals surface area (Å²) in [6, 6.07) is 3.02. The molecule has 0 bridgehead atoms. The molecule has 0 aliphatic rings. The van der Waals surface area contributed by atoms with E-state index >= 15 is 0 Å². The van der Waals surface area contributed by atoms with Crippen molar-refractivity contribution < 1.29 is 14.3 Å². The number of pyridine rings is 1. The number of anilines is 2. The molecule has 4 aromatic rings. The first-order valence-corrected chi connectivity index (χ1v) is 13.2. The number of halogens is 1. The molecule has 13 heteroatoms. The molecule has 1 unspecified atom stereocenters. The van der Waals surface area contributed by atoms with E-state index in [0.717, 1.165) is 29.9 Å². The molecule has 1 atom stereocenters. The number of amides is 2. The number of nitrogens with one attached hydrogen (secondary N) is 2. The number of hydrogen-bond donors (Lipinski definition) is 3. The topological polar surface area (TPSA) is 144 Å². The van der Waals surface area contributed by atoms with Gasteiger partial charge in [0.15, 0.2) is 11.5 Å². The lowest BCUT2D eigenvalue weighted by Gasteiger charge is -2.29. The molecule has 0 saturated heterocycles. The van der Waals surface area contributed by atoms with E-state index in [1.165, 1.54) is 4.52 Å². The number of hydrogen-bond acceptors (Lipinski definition) is 8. The summed E-state index contributed by atoms with van der Waals surface area (Å²) in [6.45, 7) is 11.0. The van der Waals surface area contributed by atoms with E-state index in [1.54, 1.807) is 51.8 Å². The van der Waals surface area contributed by atoms with Gasteiger partial charge in [0, 0.05) is 37.6 Å². The summed E-state index contributed by atoms with van der Waals surface area (Å²) in [5.41, 5.74) is 7.14. The Kier molecular flexibility index (Phi) is 8.26. The SMILES string of the molecule is CCCN(CCN)c1c(C(C)NC(=O)c2c(NC(=O)OC(C)(C)C)nn3cccnc23)cc(Cl)c2cncn12. The Hall–Kier alpha value is -3.90. The maximum atomic E-state index is 13.7. The van der Waals surface area contributed by atoms with Crippen LogP contribution in [0.5, 0.6) is 0 Å². The summed E-state index contributed by atoms with van der Waals surface area (Å²) in [5, 5.41) is 10.5. The summed E-state index contributed by atoms with van der Waals surface area (Å²) in [6.07, 6.45) is 6.76. The predicted octanol–water partition coefficient (Wildman–Crippen LogP) is 4.04. The normalized spacial score (nSPS) is 12.5. The Bertz CT molecular complexity index is 1490. The van der Waals surface area contributed by atoms with Gasteiger partial charge in [0.05, 0.1) is 22.8 Å². The number of nitrogens with zero attached hydrogens (tertiary/aromatic N) is 6. The van der Waals surface area contributed by atoms with E-state index in [9.17, 15) is 9.59 Å². The van der Waals surface area contributed by atoms with Crippen molar-refractivity contribution in [3.8, 4) is 0 Å². The molecule has 208 valence electrons. The average Bonchev–Trinajstić information content (AvgIpc) is 3.47. The van der Waals surface area contributed by atoms with Gasteiger partial charge in [-0.05, 0) is 46.2 Å². The van der Waals surface area contributed by atoms with Crippen molar-refractivity contribution in [1.29, 1.82) is 0 Å². The molecule has 4 rings (SSSR count). The highest BCUT2D eigenvalue weighted by molar-refractivity contribution is 6.34. The van der Waals surface area contributed by atoms with Crippen molar-refractivity contribution in [2.24, 2.45) is 5.73 Å². The minimum atomic E-state index is -0.732. The van der Waals surface area contributed by atoms with E-state index in [-0.39, 0.29) is 17.0 Å². The highest BCUT2D eigenvalue weighted by Crippen LogP contribution is 2.33. The molecule has 2 amide bonds. The minimum absolute atomic E-state index is 0.0340. The average molecular weight is 556 g/mol. The zero-order chi connectivity index (χ0) is 28.3. The van der Waals surface area contributed by atoms with Crippen molar-refractivity contribution in [2.45, 2.75) is 52.7 Å². The Labute approximate surface area is 231 Å². The monoisotopic (exact) mass is 555 g/mol. The Morgan fingerprint density at radius 3 is 2.74 bits per heavy atom. The molecule has 0 fully saturated rings. The van der Waals surface area contributed by atoms with Crippen molar-refractivity contribution in [1.82, 2.24) is 29.3 Å². The number of carbonyl (C=O) groups is 2. The smallest absolute Gasteiger partial charge is 0.413 e. The number of nitrogens with two attached hydrogens (primary N) is 1. The number of aromatic nitrogens is 5. The lowest BCUT2D eigenvalue weighted by molar-refractivity contribution is 0.0635. The first-order valence-electron chi connectivity index (χ1n) is 12.8. The van der Waals surface area contributed by atoms with Gasteiger partial charge >= 0.3 is 6.09 Å². The van der Waals surface area contributed by atoms with Crippen LogP contribution in [0.1, 0.15) is 63.0 Å². The highest BCUT2D eigenvalue weighted by Gasteiger charge is 2.28. The van der Waals surface area contributed by atoms with Crippen molar-refractivity contribution >= 4 is 46.4 Å². The highest BCUT2D eigenvalue weighted by atomic mass is 35.5. The van der Waals surface area contributed by atoms with Crippen molar-refractivity contribution in [2.75, 3.05) is 29.9 Å². The molecular formula is C26H34ClN9O3. The lowest BCUT2D eigenvalue weighted by atomic mass is 10.1. The molecule has 0 aliphatic carbocycles. The fourth-order valence-electron chi connectivity index (χ4n) is 4.39. The van der Waals surface area contributed by atoms with E-state index in [1.807, 2.05) is 17.4 Å². The number of fused-ring (bicyclic) bond motifs is 2. The van der Waals surface area contributed by atoms with Gasteiger partial charge < -0.3 is 20.7 Å². The molecule has 0 radical (unpaired) electrons. The molecule has 4 heterocycles. The number of rotatable bonds is 9. The van der Waals surface area contributed by atoms with Crippen molar-refractivity contribution in [3.05, 3.63) is 53.2 Å². The summed E-state index contributed by atoms with van der Waals surface area (Å²) in [7, 11) is 0. The summed E-state index contributed by atoms with van der Waals surface area (Å²) in [5.74, 6) is 0.403. The molecule has 4 aromatic heterocycles. The quantitative estimate of drug-likeness (QED) is 0.280. The van der Waals surface area contributed by atoms with Gasteiger partial charge in [0.1, 0.15) is 23.3 Å². The second-order valence-corrected chi connectivity index (χ2v) is 10.5. The number of ether oxygens (including phenoxy) is 1. The van der Waals surface area contributed by atoms with Gasteiger partial charge in [-0.25, -0.2) is 19.3 Å². The van der Waals surface area contributed by atoms with Gasteiger partial charge in [-0.2, -0.15) is 0 Å². The Balaban J connectivity index is 1.73. The van der Waals surface area contributed by atoms with Gasteiger partial charge in [0.2, 0.25) is 0 Å². The second-order valence-electron chi connectivity index (χ2n) is 10.1. The van der Waals surface area contributed by atoms with Crippen LogP contribution in [0.3, 0.4) is 0 Å². The van der Waals surface area contributed by atoms with Gasteiger partial charge in [-0.1, -0.05) is 18.5 Å². The third-order valence-corrected chi connectivity index (χ3v) is 6.20. The van der Waals surface area contributed by atoms with Crippen LogP contribution in [0.25, 0.3) is 11.2 Å². The van der Waals surface area contributed by atoms with Crippen LogP contribution in [0.15, 0.2) is 37.1 Å². The Morgan fingerprint density at radius 2 is 2.05 bits per heavy atom. The molecular weight excluding hydrogens is 522 g/mol. The van der Waals surface area contributed by atoms with Crippen LogP contribution in [0.4, 0.5) is 16.4 Å². The zero-order valence-electron chi connectivity index (χ0n) is 22.7. The zero-order valence-corrected chi connectivity index (χ0v) is 23.5. The largest absolute Gasteiger partial charge is 0.444 e. The first-order chi connectivity index (χ1) is 18.5. The minimum Gasteiger partial charge on any atom is -0.444 e. The summed E-state index contributed by atoms with van der Waals surface area (Å²) >= 11 is 6.63. The standard InChI is InChI=1S/C26H34ClN9O3/c1-6-10-34(12-8-28)24-17(13-18(27)19-14-29-15-35(19)24)16(2)31-23(37)20-21(32-25(38)39-26(3,4)5)33-36-11-7-9-30-22(20)36/h7,9,11,13-16H,6,8,10,12,28H2,1-5H3,(H,31,37)(H,32,33,38). The molecule has 0 saturated carbocycles. The van der Waals surface area contributed by atoms with Gasteiger partial charge in [-0.15, -0.1) is 5.10 Å². The molecule has 4 N–H and O–H groups in total. The van der Waals surface area contributed by atoms with Crippen LogP contribution < -0.4 is 21.3 Å². The number of imidazole rings is 1. The first kappa shape index (κ1) is 28.1. The van der Waals surface area contributed by atoms with Crippen LogP contribution in [0, 0.1) is 0 Å². The van der Waals surface area contributed by atoms with E-state index < -0.39 is 23.6 Å². The van der Waals surface area contributed by atoms with Gasteiger partial charge in [0.25, 0.3) is 5.91 Å². The third-order valence-electron chi connectivity index (χ3n) is 5.90.